The van der Waals surface area contributed by atoms with Gasteiger partial charge in [0, 0.05) is 43.5 Å². The van der Waals surface area contributed by atoms with Crippen LogP contribution in [0, 0.1) is 5.82 Å². The topological polar surface area (TPSA) is 58.8 Å². The molecule has 2 heterocycles. The Morgan fingerprint density at radius 2 is 1.78 bits per heavy atom. The summed E-state index contributed by atoms with van der Waals surface area (Å²) in [6.07, 6.45) is -4.88. The van der Waals surface area contributed by atoms with E-state index < -0.39 is 29.6 Å². The molecule has 0 spiro atoms. The molecular weight excluding hydrogens is 430 g/mol. The number of alkyl halides is 3. The lowest BCUT2D eigenvalue weighted by atomic mass is 10.1. The first kappa shape index (κ1) is 21.7. The maximum absolute atomic E-state index is 13.6. The molecule has 1 aromatic heterocycles. The summed E-state index contributed by atoms with van der Waals surface area (Å²) in [5.41, 5.74) is 0.607. The number of aromatic nitrogens is 1. The summed E-state index contributed by atoms with van der Waals surface area (Å²) in [4.78, 5) is 20.0. The zero-order valence-electron chi connectivity index (χ0n) is 17.0. The fourth-order valence-corrected chi connectivity index (χ4v) is 3.54. The molecule has 2 aromatic carbocycles. The minimum atomic E-state index is -4.88. The number of nitrogens with zero attached hydrogens (tertiary/aromatic N) is 3. The van der Waals surface area contributed by atoms with Crippen LogP contribution in [0.2, 0.25) is 0 Å². The van der Waals surface area contributed by atoms with Gasteiger partial charge in [0.15, 0.2) is 0 Å². The summed E-state index contributed by atoms with van der Waals surface area (Å²) >= 11 is 0. The van der Waals surface area contributed by atoms with Crippen LogP contribution in [0.3, 0.4) is 0 Å². The fraction of sp³-hybridized carbons (Fsp3) is 0.273. The minimum absolute atomic E-state index is 0.0302. The molecule has 10 heteroatoms. The first-order chi connectivity index (χ1) is 15.3. The molecule has 1 amide bonds. The fourth-order valence-electron chi connectivity index (χ4n) is 3.54. The number of oxazole rings is 1. The number of hydrogen-bond acceptors (Lipinski definition) is 5. The Morgan fingerprint density at radius 3 is 2.44 bits per heavy atom. The average molecular weight is 449 g/mol. The Balaban J connectivity index is 1.57. The Bertz CT molecular complexity index is 1120. The third-order valence-corrected chi connectivity index (χ3v) is 5.15. The molecule has 4 rings (SSSR count). The number of amides is 1. The molecule has 0 bridgehead atoms. The number of carbonyl (C=O) groups excluding carboxylic acids is 1. The van der Waals surface area contributed by atoms with E-state index in [0.717, 1.165) is 17.8 Å². The van der Waals surface area contributed by atoms with Crippen molar-refractivity contribution in [3.63, 3.8) is 0 Å². The number of anilines is 1. The summed E-state index contributed by atoms with van der Waals surface area (Å²) in [5.74, 6) is -2.79. The van der Waals surface area contributed by atoms with E-state index >= 15 is 0 Å². The van der Waals surface area contributed by atoms with Crippen molar-refractivity contribution < 1.29 is 31.5 Å². The lowest BCUT2D eigenvalue weighted by Gasteiger charge is -2.35. The lowest BCUT2D eigenvalue weighted by molar-refractivity contribution is -0.157. The van der Waals surface area contributed by atoms with Crippen molar-refractivity contribution in [2.24, 2.45) is 0 Å². The van der Waals surface area contributed by atoms with E-state index in [1.165, 1.54) is 17.0 Å². The minimum Gasteiger partial charge on any atom is -0.497 e. The molecule has 3 aromatic rings. The highest BCUT2D eigenvalue weighted by molar-refractivity contribution is 5.97. The second-order valence-corrected chi connectivity index (χ2v) is 7.19. The second-order valence-electron chi connectivity index (χ2n) is 7.19. The van der Waals surface area contributed by atoms with E-state index in [4.69, 9.17) is 9.15 Å². The number of methoxy groups -OCH3 is 1. The number of ether oxygens (including phenoxy) is 1. The van der Waals surface area contributed by atoms with Gasteiger partial charge >= 0.3 is 12.1 Å². The third-order valence-electron chi connectivity index (χ3n) is 5.15. The van der Waals surface area contributed by atoms with Crippen molar-refractivity contribution in [1.82, 2.24) is 9.88 Å². The second kappa shape index (κ2) is 8.52. The zero-order valence-corrected chi connectivity index (χ0v) is 17.0. The molecule has 0 N–H and O–H groups in total. The monoisotopic (exact) mass is 449 g/mol. The quantitative estimate of drug-likeness (QED) is 0.550. The zero-order chi connectivity index (χ0) is 22.9. The van der Waals surface area contributed by atoms with Gasteiger partial charge in [-0.1, -0.05) is 18.2 Å². The van der Waals surface area contributed by atoms with Crippen LogP contribution in [0.25, 0.3) is 11.3 Å². The molecule has 0 radical (unpaired) electrons. The van der Waals surface area contributed by atoms with E-state index in [-0.39, 0.29) is 24.3 Å². The number of hydrogen-bond donors (Lipinski definition) is 0. The van der Waals surface area contributed by atoms with Gasteiger partial charge in [0.25, 0.3) is 5.91 Å². The Morgan fingerprint density at radius 1 is 1.06 bits per heavy atom. The van der Waals surface area contributed by atoms with Crippen molar-refractivity contribution in [3.05, 3.63) is 66.0 Å². The van der Waals surface area contributed by atoms with Gasteiger partial charge in [0.2, 0.25) is 5.76 Å². The van der Waals surface area contributed by atoms with Gasteiger partial charge in [-0.05, 0) is 24.3 Å². The Kier molecular flexibility index (Phi) is 5.77. The van der Waals surface area contributed by atoms with Crippen LogP contribution in [0.4, 0.5) is 23.2 Å². The molecule has 0 aliphatic carbocycles. The SMILES string of the molecule is COc1cccc(N2CCN(C(=O)c3oc(C(F)(F)F)nc3-c3cccc(F)c3)CC2)c1. The highest BCUT2D eigenvalue weighted by atomic mass is 19.4. The summed E-state index contributed by atoms with van der Waals surface area (Å²) in [5, 5.41) is 0. The molecule has 1 fully saturated rings. The predicted molar refractivity (Wildman–Crippen MR) is 108 cm³/mol. The summed E-state index contributed by atoms with van der Waals surface area (Å²) < 4.78 is 63.4. The van der Waals surface area contributed by atoms with Crippen molar-refractivity contribution in [2.45, 2.75) is 6.18 Å². The molecule has 0 unspecified atom stereocenters. The van der Waals surface area contributed by atoms with E-state index in [0.29, 0.717) is 18.8 Å². The molecule has 1 aliphatic rings. The largest absolute Gasteiger partial charge is 0.497 e. The number of piperazine rings is 1. The smallest absolute Gasteiger partial charge is 0.468 e. The van der Waals surface area contributed by atoms with Gasteiger partial charge in [-0.2, -0.15) is 13.2 Å². The van der Waals surface area contributed by atoms with Gasteiger partial charge in [-0.15, -0.1) is 0 Å². The van der Waals surface area contributed by atoms with Crippen LogP contribution in [0.15, 0.2) is 52.9 Å². The number of benzene rings is 2. The van der Waals surface area contributed by atoms with Crippen LogP contribution in [0.1, 0.15) is 16.4 Å². The third kappa shape index (κ3) is 4.39. The van der Waals surface area contributed by atoms with E-state index in [2.05, 4.69) is 4.98 Å². The van der Waals surface area contributed by atoms with Crippen LogP contribution in [-0.4, -0.2) is 49.1 Å². The number of carbonyl (C=O) groups is 1. The first-order valence-electron chi connectivity index (χ1n) is 9.78. The number of rotatable bonds is 4. The average Bonchev–Trinajstić information content (AvgIpc) is 3.25. The maximum Gasteiger partial charge on any atom is 0.468 e. The maximum atomic E-state index is 13.6. The summed E-state index contributed by atoms with van der Waals surface area (Å²) in [6.45, 7) is 1.46. The number of halogens is 4. The van der Waals surface area contributed by atoms with Crippen molar-refractivity contribution in [2.75, 3.05) is 38.2 Å². The van der Waals surface area contributed by atoms with Crippen molar-refractivity contribution in [1.29, 1.82) is 0 Å². The van der Waals surface area contributed by atoms with Crippen molar-refractivity contribution in [3.8, 4) is 17.0 Å². The van der Waals surface area contributed by atoms with Crippen molar-refractivity contribution >= 4 is 11.6 Å². The van der Waals surface area contributed by atoms with E-state index in [1.807, 2.05) is 29.2 Å². The van der Waals surface area contributed by atoms with Gasteiger partial charge in [-0.25, -0.2) is 9.37 Å². The highest BCUT2D eigenvalue weighted by Crippen LogP contribution is 2.34. The molecule has 0 atom stereocenters. The Hall–Kier alpha value is -3.56. The van der Waals surface area contributed by atoms with E-state index in [9.17, 15) is 22.4 Å². The normalized spacial score (nSPS) is 14.5. The molecular formula is C22H19F4N3O3. The molecule has 0 saturated carbocycles. The molecule has 1 aliphatic heterocycles. The van der Waals surface area contributed by atoms with E-state index in [1.54, 1.807) is 7.11 Å². The lowest BCUT2D eigenvalue weighted by Crippen LogP contribution is -2.48. The first-order valence-corrected chi connectivity index (χ1v) is 9.78. The summed E-state index contributed by atoms with van der Waals surface area (Å²) in [6, 6.07) is 12.3. The van der Waals surface area contributed by atoms with Gasteiger partial charge in [0.1, 0.15) is 17.3 Å². The summed E-state index contributed by atoms with van der Waals surface area (Å²) in [7, 11) is 1.57. The molecule has 168 valence electrons. The van der Waals surface area contributed by atoms with Crippen LogP contribution < -0.4 is 9.64 Å². The molecule has 6 nitrogen and oxygen atoms in total. The molecule has 1 saturated heterocycles. The molecule has 32 heavy (non-hydrogen) atoms. The van der Waals surface area contributed by atoms with Gasteiger partial charge in [0.05, 0.1) is 7.11 Å². The predicted octanol–water partition coefficient (Wildman–Crippen LogP) is 4.47. The Labute approximate surface area is 181 Å². The highest BCUT2D eigenvalue weighted by Gasteiger charge is 2.40. The van der Waals surface area contributed by atoms with Crippen LogP contribution in [0.5, 0.6) is 5.75 Å². The standard InChI is InChI=1S/C22H19F4N3O3/c1-31-17-7-3-6-16(13-17)28-8-10-29(11-9-28)20(30)19-18(14-4-2-5-15(23)12-14)27-21(32-19)22(24,25)26/h2-7,12-13H,8-11H2,1H3. The van der Waals surface area contributed by atoms with Crippen LogP contribution in [-0.2, 0) is 6.18 Å². The van der Waals surface area contributed by atoms with Crippen LogP contribution >= 0.6 is 0 Å². The van der Waals surface area contributed by atoms with Gasteiger partial charge < -0.3 is 19.0 Å². The van der Waals surface area contributed by atoms with Gasteiger partial charge in [-0.3, -0.25) is 4.79 Å².